The summed E-state index contributed by atoms with van der Waals surface area (Å²) in [4.78, 5) is 15.3. The molecule has 6 nitrogen and oxygen atoms in total. The van der Waals surface area contributed by atoms with Crippen molar-refractivity contribution in [2.45, 2.75) is 26.3 Å². The monoisotopic (exact) mass is 473 g/mol. The fourth-order valence-corrected chi connectivity index (χ4v) is 3.87. The van der Waals surface area contributed by atoms with Gasteiger partial charge in [-0.3, -0.25) is 9.69 Å². The highest BCUT2D eigenvalue weighted by atomic mass is 79.9. The molecule has 1 heterocycles. The van der Waals surface area contributed by atoms with Crippen LogP contribution in [0.5, 0.6) is 11.5 Å². The van der Waals surface area contributed by atoms with Gasteiger partial charge in [-0.15, -0.1) is 0 Å². The van der Waals surface area contributed by atoms with E-state index in [2.05, 4.69) is 34.7 Å². The van der Waals surface area contributed by atoms with Crippen LogP contribution in [0.15, 0.2) is 52.0 Å². The number of nitrogens with zero attached hydrogens (tertiary/aromatic N) is 3. The third-order valence-corrected chi connectivity index (χ3v) is 5.92. The topological polar surface area (TPSA) is 54.4 Å². The van der Waals surface area contributed by atoms with Crippen LogP contribution in [0.1, 0.15) is 37.4 Å². The molecule has 0 N–H and O–H groups in total. The van der Waals surface area contributed by atoms with Crippen LogP contribution >= 0.6 is 15.9 Å². The first-order valence-corrected chi connectivity index (χ1v) is 10.9. The van der Waals surface area contributed by atoms with Gasteiger partial charge in [0.25, 0.3) is 5.91 Å². The normalized spacial score (nSPS) is 16.0. The molecule has 7 heteroatoms. The minimum atomic E-state index is -0.229. The van der Waals surface area contributed by atoms with Crippen molar-refractivity contribution in [3.63, 3.8) is 0 Å². The van der Waals surface area contributed by atoms with Gasteiger partial charge in [0, 0.05) is 22.5 Å². The van der Waals surface area contributed by atoms with Gasteiger partial charge in [0.2, 0.25) is 0 Å². The second-order valence-corrected chi connectivity index (χ2v) is 8.00. The Morgan fingerprint density at radius 3 is 2.43 bits per heavy atom. The lowest BCUT2D eigenvalue weighted by molar-refractivity contribution is -0.134. The third-order valence-electron chi connectivity index (χ3n) is 5.40. The molecular weight excluding hydrogens is 446 g/mol. The summed E-state index contributed by atoms with van der Waals surface area (Å²) < 4.78 is 12.0. The fourth-order valence-electron chi connectivity index (χ4n) is 3.60. The lowest BCUT2D eigenvalue weighted by Crippen LogP contribution is -2.38. The highest BCUT2D eigenvalue weighted by Gasteiger charge is 2.35. The lowest BCUT2D eigenvalue weighted by atomic mass is 9.97. The quantitative estimate of drug-likeness (QED) is 0.566. The summed E-state index contributed by atoms with van der Waals surface area (Å²) in [7, 11) is 3.25. The molecule has 0 radical (unpaired) electrons. The summed E-state index contributed by atoms with van der Waals surface area (Å²) in [5, 5.41) is 6.38. The van der Waals surface area contributed by atoms with Crippen LogP contribution in [0.2, 0.25) is 0 Å². The second-order valence-electron chi connectivity index (χ2n) is 7.08. The molecule has 3 rings (SSSR count). The SMILES string of the molecule is CCN(CC)CC(=O)N1N=C(c2ccc(Br)cc2)C[C@H]1c1ccc(OC)cc1OC. The fraction of sp³-hybridized carbons (Fsp3) is 0.391. The van der Waals surface area contributed by atoms with Crippen LogP contribution in [0, 0.1) is 0 Å². The van der Waals surface area contributed by atoms with Crippen molar-refractivity contribution in [1.82, 2.24) is 9.91 Å². The van der Waals surface area contributed by atoms with E-state index in [0.717, 1.165) is 34.4 Å². The van der Waals surface area contributed by atoms with Crippen molar-refractivity contribution in [1.29, 1.82) is 0 Å². The van der Waals surface area contributed by atoms with Crippen LogP contribution in [-0.2, 0) is 4.79 Å². The first-order valence-electron chi connectivity index (χ1n) is 10.1. The number of hydrogen-bond acceptors (Lipinski definition) is 5. The van der Waals surface area contributed by atoms with E-state index in [9.17, 15) is 4.79 Å². The zero-order valence-electron chi connectivity index (χ0n) is 17.9. The maximum absolute atomic E-state index is 13.2. The first kappa shape index (κ1) is 22.3. The summed E-state index contributed by atoms with van der Waals surface area (Å²) in [5.41, 5.74) is 2.81. The number of amides is 1. The molecule has 1 aliphatic rings. The average Bonchev–Trinajstić information content (AvgIpc) is 3.22. The van der Waals surface area contributed by atoms with Crippen molar-refractivity contribution in [2.75, 3.05) is 33.9 Å². The summed E-state index contributed by atoms with van der Waals surface area (Å²) in [5.74, 6) is 1.38. The number of ether oxygens (including phenoxy) is 2. The van der Waals surface area contributed by atoms with E-state index in [-0.39, 0.29) is 11.9 Å². The van der Waals surface area contributed by atoms with E-state index in [1.807, 2.05) is 42.5 Å². The maximum atomic E-state index is 13.2. The summed E-state index contributed by atoms with van der Waals surface area (Å²) in [6, 6.07) is 13.5. The molecule has 0 spiro atoms. The molecule has 0 saturated heterocycles. The van der Waals surface area contributed by atoms with Crippen LogP contribution in [0.4, 0.5) is 0 Å². The lowest BCUT2D eigenvalue weighted by Gasteiger charge is -2.26. The number of carbonyl (C=O) groups excluding carboxylic acids is 1. The van der Waals surface area contributed by atoms with Crippen molar-refractivity contribution >= 4 is 27.5 Å². The van der Waals surface area contributed by atoms with Crippen molar-refractivity contribution < 1.29 is 14.3 Å². The van der Waals surface area contributed by atoms with E-state index in [1.165, 1.54) is 0 Å². The number of rotatable bonds is 8. The average molecular weight is 474 g/mol. The number of methoxy groups -OCH3 is 2. The molecule has 1 atom stereocenters. The van der Waals surface area contributed by atoms with Gasteiger partial charge in [0.1, 0.15) is 11.5 Å². The van der Waals surface area contributed by atoms with Crippen LogP contribution < -0.4 is 9.47 Å². The molecule has 0 unspecified atom stereocenters. The van der Waals surface area contributed by atoms with E-state index >= 15 is 0 Å². The molecule has 2 aromatic carbocycles. The van der Waals surface area contributed by atoms with Gasteiger partial charge in [-0.05, 0) is 42.9 Å². The molecule has 0 aromatic heterocycles. The van der Waals surface area contributed by atoms with Gasteiger partial charge in [0.05, 0.1) is 32.5 Å². The zero-order chi connectivity index (χ0) is 21.7. The van der Waals surface area contributed by atoms with Gasteiger partial charge < -0.3 is 9.47 Å². The Kier molecular flexibility index (Phi) is 7.50. The standard InChI is InChI=1S/C23H28BrN3O3/c1-5-26(6-2)15-23(28)27-21(19-12-11-18(29-3)13-22(19)30-4)14-20(25-27)16-7-9-17(24)10-8-16/h7-13,21H,5-6,14-15H2,1-4H3/t21-/m0/s1. The zero-order valence-corrected chi connectivity index (χ0v) is 19.5. The third kappa shape index (κ3) is 4.84. The predicted octanol–water partition coefficient (Wildman–Crippen LogP) is 4.49. The largest absolute Gasteiger partial charge is 0.497 e. The molecular formula is C23H28BrN3O3. The highest BCUT2D eigenvalue weighted by Crippen LogP contribution is 2.39. The maximum Gasteiger partial charge on any atom is 0.257 e. The van der Waals surface area contributed by atoms with Gasteiger partial charge >= 0.3 is 0 Å². The Labute approximate surface area is 186 Å². The number of hydrazone groups is 1. The summed E-state index contributed by atoms with van der Waals surface area (Å²) >= 11 is 3.47. The van der Waals surface area contributed by atoms with Gasteiger partial charge in [-0.25, -0.2) is 5.01 Å². The van der Waals surface area contributed by atoms with Crippen LogP contribution in [0.3, 0.4) is 0 Å². The van der Waals surface area contributed by atoms with Crippen molar-refractivity contribution in [3.05, 3.63) is 58.1 Å². The molecule has 0 saturated carbocycles. The first-order chi connectivity index (χ1) is 14.5. The number of halogens is 1. The second kappa shape index (κ2) is 10.1. The van der Waals surface area contributed by atoms with E-state index in [4.69, 9.17) is 14.6 Å². The Morgan fingerprint density at radius 2 is 1.83 bits per heavy atom. The minimum absolute atomic E-state index is 0.0197. The number of likely N-dealkylation sites (N-methyl/N-ethyl adjacent to an activating group) is 1. The van der Waals surface area contributed by atoms with Crippen molar-refractivity contribution in [2.24, 2.45) is 5.10 Å². The number of carbonyl (C=O) groups is 1. The van der Waals surface area contributed by atoms with Gasteiger partial charge in [-0.1, -0.05) is 41.9 Å². The molecule has 0 aliphatic carbocycles. The Balaban J connectivity index is 1.98. The van der Waals surface area contributed by atoms with Crippen molar-refractivity contribution in [3.8, 4) is 11.5 Å². The summed E-state index contributed by atoms with van der Waals surface area (Å²) in [6.07, 6.45) is 0.619. The Hall–Kier alpha value is -2.38. The highest BCUT2D eigenvalue weighted by molar-refractivity contribution is 9.10. The molecule has 0 fully saturated rings. The van der Waals surface area contributed by atoms with Gasteiger partial charge in [-0.2, -0.15) is 5.10 Å². The smallest absolute Gasteiger partial charge is 0.257 e. The molecule has 1 amide bonds. The molecule has 2 aromatic rings. The Morgan fingerprint density at radius 1 is 1.13 bits per heavy atom. The van der Waals surface area contributed by atoms with E-state index < -0.39 is 0 Å². The number of hydrogen-bond donors (Lipinski definition) is 0. The van der Waals surface area contributed by atoms with Crippen LogP contribution in [0.25, 0.3) is 0 Å². The van der Waals surface area contributed by atoms with E-state index in [0.29, 0.717) is 24.5 Å². The molecule has 160 valence electrons. The minimum Gasteiger partial charge on any atom is -0.497 e. The summed E-state index contributed by atoms with van der Waals surface area (Å²) in [6.45, 7) is 6.08. The van der Waals surface area contributed by atoms with Crippen LogP contribution in [-0.4, -0.2) is 55.4 Å². The van der Waals surface area contributed by atoms with Gasteiger partial charge in [0.15, 0.2) is 0 Å². The number of benzene rings is 2. The molecule has 30 heavy (non-hydrogen) atoms. The van der Waals surface area contributed by atoms with E-state index in [1.54, 1.807) is 19.2 Å². The predicted molar refractivity (Wildman–Crippen MR) is 122 cm³/mol. The Bertz CT molecular complexity index is 910. The molecule has 0 bridgehead atoms. The molecule has 1 aliphatic heterocycles.